The van der Waals surface area contributed by atoms with Crippen molar-refractivity contribution in [3.8, 4) is 5.75 Å². The molecule has 36 heavy (non-hydrogen) atoms. The highest BCUT2D eigenvalue weighted by molar-refractivity contribution is 5.68. The van der Waals surface area contributed by atoms with Crippen molar-refractivity contribution < 1.29 is 18.7 Å². The van der Waals surface area contributed by atoms with Gasteiger partial charge in [0.05, 0.1) is 19.3 Å². The number of carbonyl (C=O) groups is 1. The fourth-order valence-corrected chi connectivity index (χ4v) is 3.97. The first-order valence-corrected chi connectivity index (χ1v) is 11.8. The van der Waals surface area contributed by atoms with E-state index in [1.54, 1.807) is 24.0 Å². The Morgan fingerprint density at radius 2 is 1.92 bits per heavy atom. The monoisotopic (exact) mass is 494 g/mol. The lowest BCUT2D eigenvalue weighted by molar-refractivity contribution is 0.105. The summed E-state index contributed by atoms with van der Waals surface area (Å²) < 4.78 is 25.0. The van der Waals surface area contributed by atoms with E-state index in [1.807, 2.05) is 24.3 Å². The summed E-state index contributed by atoms with van der Waals surface area (Å²) in [6.45, 7) is 6.07. The lowest BCUT2D eigenvalue weighted by Gasteiger charge is -2.35. The average Bonchev–Trinajstić information content (AvgIpc) is 2.91. The van der Waals surface area contributed by atoms with E-state index >= 15 is 0 Å². The summed E-state index contributed by atoms with van der Waals surface area (Å²) in [5.74, 6) is 1.34. The van der Waals surface area contributed by atoms with Crippen molar-refractivity contribution in [3.05, 3.63) is 48.4 Å². The normalized spacial score (nSPS) is 14.8. The molecular weight excluding hydrogens is 467 g/mol. The average molecular weight is 495 g/mol. The fraction of sp³-hybridized carbons (Fsp3) is 0.333. The Morgan fingerprint density at radius 1 is 1.11 bits per heavy atom. The number of piperazine rings is 1. The number of hydrogen-bond donors (Lipinski definition) is 3. The van der Waals surface area contributed by atoms with Crippen LogP contribution in [0.1, 0.15) is 6.92 Å². The number of carbonyl (C=O) groups excluding carboxylic acids is 1. The van der Waals surface area contributed by atoms with E-state index in [4.69, 9.17) is 9.47 Å². The number of anilines is 6. The second-order valence-corrected chi connectivity index (χ2v) is 8.18. The Hall–Kier alpha value is -4.35. The molecule has 2 aliphatic rings. The van der Waals surface area contributed by atoms with E-state index in [2.05, 4.69) is 35.8 Å². The number of amides is 1. The van der Waals surface area contributed by atoms with Gasteiger partial charge in [0.15, 0.2) is 23.2 Å². The molecule has 3 aromatic rings. The van der Waals surface area contributed by atoms with Gasteiger partial charge in [0, 0.05) is 37.6 Å². The third-order valence-corrected chi connectivity index (χ3v) is 5.80. The minimum atomic E-state index is -0.596. The molecule has 0 saturated carbocycles. The molecule has 1 fully saturated rings. The Morgan fingerprint density at radius 3 is 2.69 bits per heavy atom. The van der Waals surface area contributed by atoms with Crippen LogP contribution in [0.25, 0.3) is 0 Å². The van der Waals surface area contributed by atoms with Gasteiger partial charge in [0.25, 0.3) is 0 Å². The molecule has 2 aliphatic heterocycles. The van der Waals surface area contributed by atoms with Gasteiger partial charge in [-0.1, -0.05) is 0 Å². The van der Waals surface area contributed by atoms with Gasteiger partial charge in [-0.25, -0.2) is 19.2 Å². The van der Waals surface area contributed by atoms with Crippen LogP contribution in [-0.2, 0) is 4.74 Å². The van der Waals surface area contributed by atoms with E-state index in [0.29, 0.717) is 50.2 Å². The van der Waals surface area contributed by atoms with Gasteiger partial charge >= 0.3 is 6.09 Å². The Kier molecular flexibility index (Phi) is 6.83. The number of ether oxygens (including phenoxy) is 2. The minimum Gasteiger partial charge on any atom is -0.488 e. The van der Waals surface area contributed by atoms with Crippen LogP contribution in [0, 0.1) is 5.82 Å². The summed E-state index contributed by atoms with van der Waals surface area (Å²) in [6, 6.07) is 11.3. The smallest absolute Gasteiger partial charge is 0.409 e. The van der Waals surface area contributed by atoms with Crippen LogP contribution < -0.4 is 25.6 Å². The summed E-state index contributed by atoms with van der Waals surface area (Å²) >= 11 is 0. The maximum atomic E-state index is 14.4. The number of halogens is 1. The molecule has 11 nitrogen and oxygen atoms in total. The third kappa shape index (κ3) is 5.32. The molecule has 0 radical (unpaired) electrons. The van der Waals surface area contributed by atoms with Crippen molar-refractivity contribution in [2.75, 3.05) is 66.8 Å². The van der Waals surface area contributed by atoms with Gasteiger partial charge in [0.2, 0.25) is 5.95 Å². The second kappa shape index (κ2) is 10.5. The third-order valence-electron chi connectivity index (χ3n) is 5.80. The molecule has 3 N–H and O–H groups in total. The number of hydrogen-bond acceptors (Lipinski definition) is 10. The number of pyridine rings is 1. The molecule has 0 spiro atoms. The summed E-state index contributed by atoms with van der Waals surface area (Å²) in [4.78, 5) is 28.5. The fourth-order valence-electron chi connectivity index (χ4n) is 3.97. The first-order chi connectivity index (χ1) is 17.6. The Balaban J connectivity index is 1.21. The van der Waals surface area contributed by atoms with Crippen LogP contribution in [0.15, 0.2) is 42.6 Å². The van der Waals surface area contributed by atoms with Crippen molar-refractivity contribution in [3.63, 3.8) is 0 Å². The van der Waals surface area contributed by atoms with E-state index in [-0.39, 0.29) is 17.9 Å². The Bertz CT molecular complexity index is 1220. The van der Waals surface area contributed by atoms with Crippen LogP contribution >= 0.6 is 0 Å². The highest BCUT2D eigenvalue weighted by Crippen LogP contribution is 2.28. The summed E-state index contributed by atoms with van der Waals surface area (Å²) in [7, 11) is 0. The van der Waals surface area contributed by atoms with Crippen molar-refractivity contribution in [2.45, 2.75) is 6.92 Å². The molecule has 0 unspecified atom stereocenters. The maximum absolute atomic E-state index is 14.4. The van der Waals surface area contributed by atoms with E-state index in [1.165, 1.54) is 0 Å². The molecular formula is C24H27FN8O3. The van der Waals surface area contributed by atoms with E-state index in [9.17, 15) is 9.18 Å². The van der Waals surface area contributed by atoms with Gasteiger partial charge in [0.1, 0.15) is 12.4 Å². The molecule has 1 amide bonds. The first-order valence-electron chi connectivity index (χ1n) is 11.8. The van der Waals surface area contributed by atoms with Gasteiger partial charge in [-0.3, -0.25) is 0 Å². The SMILES string of the molecule is CCOC(=O)N1CCN(c2ccc(Nc3ncc(F)c(Nc4ccc5c(n4)NCCO5)n3)cc2)CC1. The molecule has 2 aromatic heterocycles. The topological polar surface area (TPSA) is 117 Å². The molecule has 0 bridgehead atoms. The van der Waals surface area contributed by atoms with Crippen LogP contribution in [0.4, 0.5) is 44.0 Å². The molecule has 188 valence electrons. The van der Waals surface area contributed by atoms with Gasteiger partial charge in [-0.05, 0) is 43.3 Å². The molecule has 4 heterocycles. The molecule has 0 aliphatic carbocycles. The van der Waals surface area contributed by atoms with Crippen LogP contribution in [0.5, 0.6) is 5.75 Å². The van der Waals surface area contributed by atoms with Crippen LogP contribution in [-0.4, -0.2) is 71.9 Å². The van der Waals surface area contributed by atoms with Crippen LogP contribution in [0.2, 0.25) is 0 Å². The predicted molar refractivity (Wildman–Crippen MR) is 134 cm³/mol. The zero-order chi connectivity index (χ0) is 24.9. The van der Waals surface area contributed by atoms with Crippen molar-refractivity contribution in [2.24, 2.45) is 0 Å². The van der Waals surface area contributed by atoms with Gasteiger partial charge in [-0.2, -0.15) is 4.98 Å². The molecule has 1 saturated heterocycles. The van der Waals surface area contributed by atoms with Crippen molar-refractivity contribution in [1.29, 1.82) is 0 Å². The minimum absolute atomic E-state index is 0.00719. The molecule has 0 atom stereocenters. The van der Waals surface area contributed by atoms with Crippen molar-refractivity contribution in [1.82, 2.24) is 19.9 Å². The van der Waals surface area contributed by atoms with Gasteiger partial charge in [-0.15, -0.1) is 0 Å². The number of nitrogens with one attached hydrogen (secondary N) is 3. The maximum Gasteiger partial charge on any atom is 0.409 e. The number of fused-ring (bicyclic) bond motifs is 1. The Labute approximate surface area is 207 Å². The summed E-state index contributed by atoms with van der Waals surface area (Å²) in [6.07, 6.45) is 0.840. The zero-order valence-electron chi connectivity index (χ0n) is 19.8. The number of rotatable bonds is 6. The number of benzene rings is 1. The summed E-state index contributed by atoms with van der Waals surface area (Å²) in [5.41, 5.74) is 1.80. The zero-order valence-corrected chi connectivity index (χ0v) is 19.8. The van der Waals surface area contributed by atoms with E-state index in [0.717, 1.165) is 30.7 Å². The van der Waals surface area contributed by atoms with E-state index < -0.39 is 5.82 Å². The number of nitrogens with zero attached hydrogens (tertiary/aromatic N) is 5. The van der Waals surface area contributed by atoms with Crippen molar-refractivity contribution >= 4 is 40.9 Å². The summed E-state index contributed by atoms with van der Waals surface area (Å²) in [5, 5.41) is 9.15. The number of aromatic nitrogens is 3. The standard InChI is InChI=1S/C24H27FN8O3/c1-2-35-24(34)33-12-10-32(11-13-33)17-5-3-16(4-6-17)28-23-27-15-18(25)21(31-23)29-20-8-7-19-22(30-20)26-9-14-36-19/h3-8,15H,2,9-14H2,1H3,(H3,26,27,28,29,30,31). The lowest BCUT2D eigenvalue weighted by atomic mass is 10.2. The quantitative estimate of drug-likeness (QED) is 0.469. The highest BCUT2D eigenvalue weighted by atomic mass is 19.1. The second-order valence-electron chi connectivity index (χ2n) is 8.18. The van der Waals surface area contributed by atoms with Crippen LogP contribution in [0.3, 0.4) is 0 Å². The predicted octanol–water partition coefficient (Wildman–Crippen LogP) is 3.58. The highest BCUT2D eigenvalue weighted by Gasteiger charge is 2.22. The first kappa shape index (κ1) is 23.4. The van der Waals surface area contributed by atoms with Gasteiger partial charge < -0.3 is 35.2 Å². The molecule has 5 rings (SSSR count). The molecule has 1 aromatic carbocycles. The molecule has 12 heteroatoms. The lowest BCUT2D eigenvalue weighted by Crippen LogP contribution is -2.49. The largest absolute Gasteiger partial charge is 0.488 e.